The van der Waals surface area contributed by atoms with Gasteiger partial charge >= 0.3 is 5.97 Å². The van der Waals surface area contributed by atoms with E-state index in [2.05, 4.69) is 29.6 Å². The van der Waals surface area contributed by atoms with Gasteiger partial charge in [0.15, 0.2) is 6.61 Å². The van der Waals surface area contributed by atoms with Crippen LogP contribution in [0.4, 0.5) is 5.69 Å². The molecule has 0 unspecified atom stereocenters. The molecule has 7 heteroatoms. The second kappa shape index (κ2) is 10.1. The van der Waals surface area contributed by atoms with Gasteiger partial charge in [0.25, 0.3) is 5.91 Å². The highest BCUT2D eigenvalue weighted by Crippen LogP contribution is 2.61. The Labute approximate surface area is 243 Å². The number of nitrogens with one attached hydrogen (secondary N) is 1. The summed E-state index contributed by atoms with van der Waals surface area (Å²) >= 11 is 0. The average Bonchev–Trinajstić information content (AvgIpc) is 3.30. The Kier molecular flexibility index (Phi) is 6.23. The lowest BCUT2D eigenvalue weighted by Crippen LogP contribution is -2.41. The SMILES string of the molecule is C[C@H](NC(=O)COC(=O)c1ccc(N2C(=O)[C@@H]3C4c5ccccc5C(c5ccccc54)[C@H]3C2=O)cc1)c1ccccc1. The van der Waals surface area contributed by atoms with Crippen LogP contribution >= 0.6 is 0 Å². The van der Waals surface area contributed by atoms with Gasteiger partial charge in [-0.1, -0.05) is 78.9 Å². The number of rotatable bonds is 6. The van der Waals surface area contributed by atoms with Crippen LogP contribution in [0.15, 0.2) is 103 Å². The summed E-state index contributed by atoms with van der Waals surface area (Å²) in [5.74, 6) is -2.84. The number of imide groups is 1. The normalized spacial score (nSPS) is 22.2. The monoisotopic (exact) mass is 556 g/mol. The number of hydrogen-bond donors (Lipinski definition) is 1. The third-order valence-corrected chi connectivity index (χ3v) is 8.82. The Morgan fingerprint density at radius 1 is 0.714 bits per heavy atom. The van der Waals surface area contributed by atoms with Gasteiger partial charge in [-0.25, -0.2) is 9.69 Å². The number of anilines is 1. The number of nitrogens with zero attached hydrogens (tertiary/aromatic N) is 1. The topological polar surface area (TPSA) is 92.8 Å². The fourth-order valence-electron chi connectivity index (χ4n) is 7.00. The van der Waals surface area contributed by atoms with Crippen molar-refractivity contribution in [2.75, 3.05) is 11.5 Å². The van der Waals surface area contributed by atoms with E-state index in [1.54, 1.807) is 12.1 Å². The lowest BCUT2D eigenvalue weighted by atomic mass is 9.55. The molecule has 4 aromatic carbocycles. The molecule has 208 valence electrons. The summed E-state index contributed by atoms with van der Waals surface area (Å²) in [4.78, 5) is 54.1. The second-order valence-electron chi connectivity index (χ2n) is 11.1. The van der Waals surface area contributed by atoms with Crippen LogP contribution < -0.4 is 10.2 Å². The van der Waals surface area contributed by atoms with Crippen molar-refractivity contribution in [3.8, 4) is 0 Å². The van der Waals surface area contributed by atoms with Crippen LogP contribution in [0, 0.1) is 11.8 Å². The van der Waals surface area contributed by atoms with E-state index in [4.69, 9.17) is 4.74 Å². The van der Waals surface area contributed by atoms with Crippen molar-refractivity contribution in [2.45, 2.75) is 24.8 Å². The molecule has 4 aromatic rings. The van der Waals surface area contributed by atoms with Gasteiger partial charge in [-0.2, -0.15) is 0 Å². The molecule has 0 saturated carbocycles. The summed E-state index contributed by atoms with van der Waals surface area (Å²) in [5, 5.41) is 2.81. The Bertz CT molecular complexity index is 1620. The van der Waals surface area contributed by atoms with E-state index in [1.165, 1.54) is 17.0 Å². The van der Waals surface area contributed by atoms with Gasteiger partial charge in [-0.15, -0.1) is 0 Å². The third kappa shape index (κ3) is 4.04. The highest BCUT2D eigenvalue weighted by Gasteiger charge is 2.61. The fourth-order valence-corrected chi connectivity index (χ4v) is 7.00. The predicted molar refractivity (Wildman–Crippen MR) is 156 cm³/mol. The molecule has 1 aliphatic heterocycles. The summed E-state index contributed by atoms with van der Waals surface area (Å²) < 4.78 is 5.22. The van der Waals surface area contributed by atoms with Crippen LogP contribution in [0.2, 0.25) is 0 Å². The number of hydrogen-bond acceptors (Lipinski definition) is 5. The predicted octanol–water partition coefficient (Wildman–Crippen LogP) is 5.12. The zero-order chi connectivity index (χ0) is 29.0. The molecule has 1 saturated heterocycles. The molecule has 4 aliphatic rings. The van der Waals surface area contributed by atoms with Crippen molar-refractivity contribution < 1.29 is 23.9 Å². The highest BCUT2D eigenvalue weighted by molar-refractivity contribution is 6.23. The minimum absolute atomic E-state index is 0.182. The summed E-state index contributed by atoms with van der Waals surface area (Å²) in [6.07, 6.45) is 0. The Hall–Kier alpha value is -5.04. The van der Waals surface area contributed by atoms with E-state index in [9.17, 15) is 19.2 Å². The van der Waals surface area contributed by atoms with Crippen LogP contribution in [-0.4, -0.2) is 30.3 Å². The first-order valence-electron chi connectivity index (χ1n) is 14.1. The van der Waals surface area contributed by atoms with Gasteiger partial charge in [-0.05, 0) is 59.0 Å². The van der Waals surface area contributed by atoms with Crippen molar-refractivity contribution in [1.29, 1.82) is 0 Å². The zero-order valence-electron chi connectivity index (χ0n) is 22.9. The molecule has 3 atom stereocenters. The molecule has 0 radical (unpaired) electrons. The number of esters is 1. The molecule has 3 aliphatic carbocycles. The smallest absolute Gasteiger partial charge is 0.338 e. The Morgan fingerprint density at radius 3 is 1.69 bits per heavy atom. The largest absolute Gasteiger partial charge is 0.452 e. The van der Waals surface area contributed by atoms with Gasteiger partial charge in [0.05, 0.1) is 29.1 Å². The lowest BCUT2D eigenvalue weighted by molar-refractivity contribution is -0.125. The standard InChI is InChI=1S/C35H28N2O5/c1-20(21-9-3-2-4-10-21)36-28(38)19-42-35(41)22-15-17-23(18-16-22)37-33(39)31-29-24-11-5-6-12-25(24)30(32(31)34(37)40)27-14-8-7-13-26(27)29/h2-18,20,29-32H,19H2,1H3,(H,36,38)/t20-,29?,30?,31+,32+/m0/s1. The Morgan fingerprint density at radius 2 is 1.19 bits per heavy atom. The number of benzene rings is 4. The van der Waals surface area contributed by atoms with E-state index < -0.39 is 30.3 Å². The second-order valence-corrected chi connectivity index (χ2v) is 11.1. The molecule has 8 rings (SSSR count). The van der Waals surface area contributed by atoms with Crippen LogP contribution in [0.25, 0.3) is 0 Å². The lowest BCUT2D eigenvalue weighted by Gasteiger charge is -2.45. The van der Waals surface area contributed by atoms with Crippen molar-refractivity contribution in [3.63, 3.8) is 0 Å². The highest BCUT2D eigenvalue weighted by atomic mass is 16.5. The first kappa shape index (κ1) is 25.9. The minimum Gasteiger partial charge on any atom is -0.452 e. The molecule has 3 amide bonds. The summed E-state index contributed by atoms with van der Waals surface area (Å²) in [6.45, 7) is 1.43. The van der Waals surface area contributed by atoms with Crippen LogP contribution in [-0.2, 0) is 19.1 Å². The van der Waals surface area contributed by atoms with Crippen molar-refractivity contribution in [2.24, 2.45) is 11.8 Å². The molecule has 7 nitrogen and oxygen atoms in total. The van der Waals surface area contributed by atoms with E-state index in [1.807, 2.05) is 61.5 Å². The summed E-state index contributed by atoms with van der Waals surface area (Å²) in [5.41, 5.74) is 6.05. The maximum atomic E-state index is 13.9. The van der Waals surface area contributed by atoms with Gasteiger partial charge in [0, 0.05) is 11.8 Å². The van der Waals surface area contributed by atoms with Crippen molar-refractivity contribution in [3.05, 3.63) is 137 Å². The first-order valence-corrected chi connectivity index (χ1v) is 14.1. The van der Waals surface area contributed by atoms with E-state index >= 15 is 0 Å². The molecule has 0 aromatic heterocycles. The molecular formula is C35H28N2O5. The van der Waals surface area contributed by atoms with Crippen molar-refractivity contribution in [1.82, 2.24) is 5.32 Å². The van der Waals surface area contributed by atoms with Crippen LogP contribution in [0.1, 0.15) is 63.0 Å². The third-order valence-electron chi connectivity index (χ3n) is 8.82. The average molecular weight is 557 g/mol. The molecule has 2 bridgehead atoms. The van der Waals surface area contributed by atoms with Crippen LogP contribution in [0.3, 0.4) is 0 Å². The molecule has 1 N–H and O–H groups in total. The zero-order valence-corrected chi connectivity index (χ0v) is 22.9. The Balaban J connectivity index is 1.07. The molecule has 42 heavy (non-hydrogen) atoms. The molecule has 0 spiro atoms. The van der Waals surface area contributed by atoms with E-state index in [-0.39, 0.29) is 35.3 Å². The summed E-state index contributed by atoms with van der Waals surface area (Å²) in [7, 11) is 0. The molecule has 1 fully saturated rings. The molecule has 1 heterocycles. The fraction of sp³-hybridized carbons (Fsp3) is 0.200. The van der Waals surface area contributed by atoms with Crippen LogP contribution in [0.5, 0.6) is 0 Å². The maximum Gasteiger partial charge on any atom is 0.338 e. The number of carbonyl (C=O) groups is 4. The molecular weight excluding hydrogens is 528 g/mol. The van der Waals surface area contributed by atoms with Gasteiger partial charge in [0.2, 0.25) is 11.8 Å². The first-order chi connectivity index (χ1) is 20.4. The maximum absolute atomic E-state index is 13.9. The van der Waals surface area contributed by atoms with Gasteiger partial charge in [-0.3, -0.25) is 14.4 Å². The van der Waals surface area contributed by atoms with Crippen molar-refractivity contribution >= 4 is 29.4 Å². The van der Waals surface area contributed by atoms with Gasteiger partial charge in [0.1, 0.15) is 0 Å². The number of ether oxygens (including phenoxy) is 1. The minimum atomic E-state index is -0.666. The number of carbonyl (C=O) groups excluding carboxylic acids is 4. The van der Waals surface area contributed by atoms with Gasteiger partial charge < -0.3 is 10.1 Å². The number of amides is 3. The van der Waals surface area contributed by atoms with E-state index in [0.717, 1.165) is 27.8 Å². The quantitative estimate of drug-likeness (QED) is 0.263. The van der Waals surface area contributed by atoms with E-state index in [0.29, 0.717) is 5.69 Å². The summed E-state index contributed by atoms with van der Waals surface area (Å²) in [6, 6.07) is 31.7.